The summed E-state index contributed by atoms with van der Waals surface area (Å²) in [5, 5.41) is 0.646. The minimum atomic E-state index is -0.0506. The summed E-state index contributed by atoms with van der Waals surface area (Å²) in [6, 6.07) is 13.3. The molecule has 0 spiro atoms. The molecule has 0 atom stereocenters. The Morgan fingerprint density at radius 1 is 1.06 bits per heavy atom. The number of rotatable bonds is 6. The van der Waals surface area contributed by atoms with Gasteiger partial charge in [-0.3, -0.25) is 9.59 Å². The monoisotopic (exact) mass is 480 g/mol. The number of ether oxygens (including phenoxy) is 2. The van der Waals surface area contributed by atoms with E-state index in [1.54, 1.807) is 25.3 Å². The molecule has 0 N–H and O–H groups in total. The van der Waals surface area contributed by atoms with Crippen molar-refractivity contribution in [1.82, 2.24) is 9.80 Å². The molecule has 2 heterocycles. The standard InChI is InChI=1S/C27H29ClN2O4/c1-33-24-8-3-20(4-9-24)5-11-26(31)29-13-2-14-30(16-15-29)27(32)12-6-21-17-22-18-23(28)7-10-25(22)34-19-21/h3-4,6-10,12,17-18H,2,5,11,13-16,19H2,1H3. The van der Waals surface area contributed by atoms with Gasteiger partial charge in [0.1, 0.15) is 18.1 Å². The molecule has 2 aromatic rings. The molecule has 0 aromatic heterocycles. The van der Waals surface area contributed by atoms with E-state index in [2.05, 4.69) is 0 Å². The van der Waals surface area contributed by atoms with Crippen LogP contribution in [0.2, 0.25) is 5.02 Å². The number of aryl methyl sites for hydroxylation is 1. The van der Waals surface area contributed by atoms with Gasteiger partial charge in [-0.2, -0.15) is 0 Å². The third-order valence-corrected chi connectivity index (χ3v) is 6.33. The first-order valence-electron chi connectivity index (χ1n) is 11.5. The maximum Gasteiger partial charge on any atom is 0.246 e. The number of benzene rings is 2. The Kier molecular flexibility index (Phi) is 7.91. The van der Waals surface area contributed by atoms with Gasteiger partial charge in [0, 0.05) is 49.3 Å². The number of halogens is 1. The molecular weight excluding hydrogens is 452 g/mol. The highest BCUT2D eigenvalue weighted by molar-refractivity contribution is 6.30. The van der Waals surface area contributed by atoms with E-state index >= 15 is 0 Å². The topological polar surface area (TPSA) is 59.1 Å². The molecule has 178 valence electrons. The van der Waals surface area contributed by atoms with Crippen LogP contribution in [0.15, 0.2) is 60.2 Å². The van der Waals surface area contributed by atoms with Gasteiger partial charge in [0.15, 0.2) is 0 Å². The molecular formula is C27H29ClN2O4. The number of carbonyl (C=O) groups is 2. The molecule has 1 saturated heterocycles. The van der Waals surface area contributed by atoms with Crippen molar-refractivity contribution in [2.45, 2.75) is 19.3 Å². The fourth-order valence-electron chi connectivity index (χ4n) is 4.13. The molecule has 0 radical (unpaired) electrons. The molecule has 6 nitrogen and oxygen atoms in total. The summed E-state index contributed by atoms with van der Waals surface area (Å²) >= 11 is 6.07. The Morgan fingerprint density at radius 3 is 2.62 bits per heavy atom. The predicted molar refractivity (Wildman–Crippen MR) is 133 cm³/mol. The number of methoxy groups -OCH3 is 1. The highest BCUT2D eigenvalue weighted by atomic mass is 35.5. The number of nitrogens with zero attached hydrogens (tertiary/aromatic N) is 2. The van der Waals surface area contributed by atoms with Crippen LogP contribution < -0.4 is 9.47 Å². The molecule has 0 unspecified atom stereocenters. The minimum absolute atomic E-state index is 0.0506. The van der Waals surface area contributed by atoms with Gasteiger partial charge < -0.3 is 19.3 Å². The van der Waals surface area contributed by atoms with Gasteiger partial charge >= 0.3 is 0 Å². The zero-order valence-corrected chi connectivity index (χ0v) is 20.1. The van der Waals surface area contributed by atoms with Gasteiger partial charge in [-0.1, -0.05) is 29.8 Å². The lowest BCUT2D eigenvalue weighted by molar-refractivity contribution is -0.132. The molecule has 2 aliphatic heterocycles. The highest BCUT2D eigenvalue weighted by Crippen LogP contribution is 2.29. The molecule has 34 heavy (non-hydrogen) atoms. The van der Waals surface area contributed by atoms with Gasteiger partial charge in [0.25, 0.3) is 0 Å². The van der Waals surface area contributed by atoms with E-state index < -0.39 is 0 Å². The maximum absolute atomic E-state index is 12.8. The van der Waals surface area contributed by atoms with E-state index in [1.165, 1.54) is 0 Å². The van der Waals surface area contributed by atoms with E-state index in [4.69, 9.17) is 21.1 Å². The summed E-state index contributed by atoms with van der Waals surface area (Å²) in [5.41, 5.74) is 2.93. The molecule has 4 rings (SSSR count). The SMILES string of the molecule is COc1ccc(CCC(=O)N2CCCN(C(=O)C=CC3=Cc4cc(Cl)ccc4OC3)CC2)cc1. The lowest BCUT2D eigenvalue weighted by Gasteiger charge is -2.21. The van der Waals surface area contributed by atoms with Crippen molar-refractivity contribution < 1.29 is 19.1 Å². The van der Waals surface area contributed by atoms with Gasteiger partial charge in [0.05, 0.1) is 7.11 Å². The third kappa shape index (κ3) is 6.20. The molecule has 0 bridgehead atoms. The van der Waals surface area contributed by atoms with Crippen molar-refractivity contribution in [1.29, 1.82) is 0 Å². The molecule has 2 amide bonds. The normalized spacial score (nSPS) is 15.9. The fraction of sp³-hybridized carbons (Fsp3) is 0.333. The summed E-state index contributed by atoms with van der Waals surface area (Å²) in [5.74, 6) is 1.67. The number of fused-ring (bicyclic) bond motifs is 1. The summed E-state index contributed by atoms with van der Waals surface area (Å²) in [6.45, 7) is 2.81. The van der Waals surface area contributed by atoms with Crippen LogP contribution in [0.3, 0.4) is 0 Å². The smallest absolute Gasteiger partial charge is 0.246 e. The Hall–Kier alpha value is -3.25. The van der Waals surface area contributed by atoms with Crippen LogP contribution >= 0.6 is 11.6 Å². The Labute approximate surface area is 205 Å². The first-order chi connectivity index (χ1) is 16.5. The first kappa shape index (κ1) is 23.9. The van der Waals surface area contributed by atoms with Crippen LogP contribution in [0.5, 0.6) is 11.5 Å². The molecule has 2 aromatic carbocycles. The van der Waals surface area contributed by atoms with Crippen molar-refractivity contribution in [3.05, 3.63) is 76.3 Å². The van der Waals surface area contributed by atoms with Crippen LogP contribution in [0, 0.1) is 0 Å². The number of amides is 2. The van der Waals surface area contributed by atoms with Gasteiger partial charge in [-0.15, -0.1) is 0 Å². The summed E-state index contributed by atoms with van der Waals surface area (Å²) in [6.07, 6.45) is 7.29. The van der Waals surface area contributed by atoms with Crippen molar-refractivity contribution in [3.8, 4) is 11.5 Å². The van der Waals surface area contributed by atoms with Crippen LogP contribution in [-0.4, -0.2) is 61.5 Å². The predicted octanol–water partition coefficient (Wildman–Crippen LogP) is 4.37. The first-order valence-corrected chi connectivity index (χ1v) is 11.9. The van der Waals surface area contributed by atoms with Crippen molar-refractivity contribution in [3.63, 3.8) is 0 Å². The van der Waals surface area contributed by atoms with E-state index in [1.807, 2.05) is 52.3 Å². The molecule has 0 aliphatic carbocycles. The van der Waals surface area contributed by atoms with Gasteiger partial charge in [-0.05, 0) is 60.4 Å². The van der Waals surface area contributed by atoms with Crippen molar-refractivity contribution in [2.24, 2.45) is 0 Å². The number of hydrogen-bond acceptors (Lipinski definition) is 4. The lowest BCUT2D eigenvalue weighted by Crippen LogP contribution is -2.36. The highest BCUT2D eigenvalue weighted by Gasteiger charge is 2.21. The average molecular weight is 481 g/mol. The quantitative estimate of drug-likeness (QED) is 0.576. The van der Waals surface area contributed by atoms with Crippen molar-refractivity contribution in [2.75, 3.05) is 39.9 Å². The lowest BCUT2D eigenvalue weighted by atomic mass is 10.1. The Balaban J connectivity index is 1.27. The molecule has 0 saturated carbocycles. The molecule has 2 aliphatic rings. The Morgan fingerprint density at radius 2 is 1.82 bits per heavy atom. The van der Waals surface area contributed by atoms with Gasteiger partial charge in [0.2, 0.25) is 11.8 Å². The molecule has 1 fully saturated rings. The van der Waals surface area contributed by atoms with Crippen LogP contribution in [-0.2, 0) is 16.0 Å². The minimum Gasteiger partial charge on any atom is -0.497 e. The van der Waals surface area contributed by atoms with Gasteiger partial charge in [-0.25, -0.2) is 0 Å². The summed E-state index contributed by atoms with van der Waals surface area (Å²) in [7, 11) is 1.64. The van der Waals surface area contributed by atoms with Crippen LogP contribution in [0.1, 0.15) is 24.0 Å². The second kappa shape index (κ2) is 11.3. The maximum atomic E-state index is 12.8. The van der Waals surface area contributed by atoms with Crippen molar-refractivity contribution >= 4 is 29.5 Å². The van der Waals surface area contributed by atoms with Crippen LogP contribution in [0.25, 0.3) is 6.08 Å². The van der Waals surface area contributed by atoms with E-state index in [0.29, 0.717) is 50.7 Å². The Bertz CT molecular complexity index is 1090. The molecule has 7 heteroatoms. The number of carbonyl (C=O) groups excluding carboxylic acids is 2. The average Bonchev–Trinajstić information content (AvgIpc) is 3.12. The van der Waals surface area contributed by atoms with E-state index in [9.17, 15) is 9.59 Å². The second-order valence-electron chi connectivity index (χ2n) is 8.43. The largest absolute Gasteiger partial charge is 0.497 e. The summed E-state index contributed by atoms with van der Waals surface area (Å²) in [4.78, 5) is 29.2. The summed E-state index contributed by atoms with van der Waals surface area (Å²) < 4.78 is 10.9. The van der Waals surface area contributed by atoms with E-state index in [0.717, 1.165) is 34.6 Å². The zero-order valence-electron chi connectivity index (χ0n) is 19.3. The van der Waals surface area contributed by atoms with Crippen LogP contribution in [0.4, 0.5) is 0 Å². The number of hydrogen-bond donors (Lipinski definition) is 0. The van der Waals surface area contributed by atoms with E-state index in [-0.39, 0.29) is 11.8 Å². The fourth-order valence-corrected chi connectivity index (χ4v) is 4.32. The third-order valence-electron chi connectivity index (χ3n) is 6.09. The zero-order chi connectivity index (χ0) is 23.9. The second-order valence-corrected chi connectivity index (χ2v) is 8.87.